The summed E-state index contributed by atoms with van der Waals surface area (Å²) >= 11 is 0. The first-order chi connectivity index (χ1) is 15.4. The molecule has 0 radical (unpaired) electrons. The molecule has 1 aliphatic heterocycles. The van der Waals surface area contributed by atoms with Crippen molar-refractivity contribution < 1.29 is 28.2 Å². The highest BCUT2D eigenvalue weighted by molar-refractivity contribution is 6.00. The number of hydrogen-bond donors (Lipinski definition) is 0. The maximum atomic E-state index is 12.7. The van der Waals surface area contributed by atoms with Gasteiger partial charge >= 0.3 is 5.97 Å². The molecule has 0 aliphatic carbocycles. The minimum atomic E-state index is -0.604. The highest BCUT2D eigenvalue weighted by atomic mass is 16.6. The number of aryl methyl sites for hydroxylation is 2. The first-order valence-corrected chi connectivity index (χ1v) is 10.4. The number of hydrogen-bond acceptors (Lipinski definition) is 6. The van der Waals surface area contributed by atoms with Gasteiger partial charge in [-0.25, -0.2) is 4.79 Å². The number of aromatic nitrogens is 1. The van der Waals surface area contributed by atoms with Crippen LogP contribution in [0.5, 0.6) is 11.5 Å². The third-order valence-corrected chi connectivity index (χ3v) is 5.32. The van der Waals surface area contributed by atoms with Gasteiger partial charge in [-0.05, 0) is 57.2 Å². The summed E-state index contributed by atoms with van der Waals surface area (Å²) in [6.07, 6.45) is 2.58. The summed E-state index contributed by atoms with van der Waals surface area (Å²) < 4.78 is 24.3. The molecule has 0 saturated heterocycles. The van der Waals surface area contributed by atoms with Crippen molar-refractivity contribution in [3.05, 3.63) is 77.0 Å². The summed E-state index contributed by atoms with van der Waals surface area (Å²) in [5.41, 5.74) is 2.25. The Balaban J connectivity index is 1.36. The molecule has 3 heterocycles. The molecule has 0 fully saturated rings. The van der Waals surface area contributed by atoms with Gasteiger partial charge in [0.15, 0.2) is 24.2 Å². The third kappa shape index (κ3) is 4.77. The first-order valence-electron chi connectivity index (χ1n) is 10.4. The predicted octanol–water partition coefficient (Wildman–Crippen LogP) is 4.29. The fraction of sp³-hybridized carbons (Fsp3) is 0.280. The van der Waals surface area contributed by atoms with Crippen molar-refractivity contribution in [2.75, 3.05) is 13.2 Å². The molecule has 0 amide bonds. The molecule has 0 saturated carbocycles. The molecular weight excluding hydrogens is 410 g/mol. The number of rotatable bonds is 7. The van der Waals surface area contributed by atoms with E-state index in [1.165, 1.54) is 12.2 Å². The van der Waals surface area contributed by atoms with Gasteiger partial charge in [0, 0.05) is 23.0 Å². The summed E-state index contributed by atoms with van der Waals surface area (Å²) in [5, 5.41) is 0. The normalized spacial score (nSPS) is 15.2. The molecule has 4 rings (SSSR count). The van der Waals surface area contributed by atoms with Crippen molar-refractivity contribution >= 4 is 17.8 Å². The molecule has 0 spiro atoms. The molecule has 1 unspecified atom stereocenters. The van der Waals surface area contributed by atoms with E-state index < -0.39 is 5.97 Å². The number of furan rings is 1. The van der Waals surface area contributed by atoms with Gasteiger partial charge in [0.2, 0.25) is 5.78 Å². The van der Waals surface area contributed by atoms with Crippen molar-refractivity contribution in [2.24, 2.45) is 0 Å². The van der Waals surface area contributed by atoms with E-state index in [1.54, 1.807) is 12.1 Å². The number of Topliss-reactive ketones (excluding diaryl/α,β-unsaturated/α-hetero) is 1. The number of ether oxygens (including phenoxy) is 3. The van der Waals surface area contributed by atoms with Crippen molar-refractivity contribution in [1.82, 2.24) is 4.57 Å². The Morgan fingerprint density at radius 3 is 2.66 bits per heavy atom. The van der Waals surface area contributed by atoms with Gasteiger partial charge in [0.25, 0.3) is 0 Å². The minimum absolute atomic E-state index is 0.175. The lowest BCUT2D eigenvalue weighted by molar-refractivity contribution is -0.136. The fourth-order valence-electron chi connectivity index (χ4n) is 3.68. The van der Waals surface area contributed by atoms with Gasteiger partial charge in [-0.2, -0.15) is 0 Å². The molecule has 0 bridgehead atoms. The average Bonchev–Trinajstić information content (AvgIpc) is 3.33. The Hall–Kier alpha value is -3.74. The number of carbonyl (C=O) groups is 2. The van der Waals surface area contributed by atoms with Crippen LogP contribution in [0.3, 0.4) is 0 Å². The summed E-state index contributed by atoms with van der Waals surface area (Å²) in [7, 11) is 0. The Labute approximate surface area is 186 Å². The number of para-hydroxylation sites is 2. The molecule has 7 nitrogen and oxygen atoms in total. The number of benzene rings is 1. The van der Waals surface area contributed by atoms with Gasteiger partial charge in [-0.1, -0.05) is 12.1 Å². The van der Waals surface area contributed by atoms with Gasteiger partial charge < -0.3 is 23.2 Å². The maximum Gasteiger partial charge on any atom is 0.331 e. The summed E-state index contributed by atoms with van der Waals surface area (Å²) in [6.45, 7) is 6.26. The lowest BCUT2D eigenvalue weighted by Gasteiger charge is -2.27. The van der Waals surface area contributed by atoms with E-state index in [1.807, 2.05) is 55.7 Å². The highest BCUT2D eigenvalue weighted by Crippen LogP contribution is 2.31. The quantitative estimate of drug-likeness (QED) is 0.313. The molecule has 0 N–H and O–H groups in total. The molecule has 7 heteroatoms. The van der Waals surface area contributed by atoms with Crippen LogP contribution in [0, 0.1) is 20.8 Å². The summed E-state index contributed by atoms with van der Waals surface area (Å²) in [6, 6.07) is 12.9. The topological polar surface area (TPSA) is 79.9 Å². The Bertz CT molecular complexity index is 1170. The van der Waals surface area contributed by atoms with Crippen LogP contribution in [0.2, 0.25) is 0 Å². The van der Waals surface area contributed by atoms with Crippen LogP contribution in [0.1, 0.15) is 33.3 Å². The van der Waals surface area contributed by atoms with Crippen LogP contribution in [-0.2, 0) is 16.1 Å². The Morgan fingerprint density at radius 2 is 1.91 bits per heavy atom. The van der Waals surface area contributed by atoms with Crippen molar-refractivity contribution in [1.29, 1.82) is 0 Å². The van der Waals surface area contributed by atoms with Crippen LogP contribution in [0.4, 0.5) is 0 Å². The van der Waals surface area contributed by atoms with E-state index >= 15 is 0 Å². The van der Waals surface area contributed by atoms with E-state index in [0.29, 0.717) is 30.2 Å². The lowest BCUT2D eigenvalue weighted by atomic mass is 10.1. The second-order valence-corrected chi connectivity index (χ2v) is 7.71. The van der Waals surface area contributed by atoms with Crippen LogP contribution in [-0.4, -0.2) is 35.6 Å². The second-order valence-electron chi connectivity index (χ2n) is 7.71. The third-order valence-electron chi connectivity index (χ3n) is 5.32. The van der Waals surface area contributed by atoms with Crippen LogP contribution < -0.4 is 9.47 Å². The van der Waals surface area contributed by atoms with E-state index in [4.69, 9.17) is 18.6 Å². The number of ketones is 1. The second kappa shape index (κ2) is 9.18. The zero-order chi connectivity index (χ0) is 22.7. The number of carbonyl (C=O) groups excluding carboxylic acids is 2. The van der Waals surface area contributed by atoms with Crippen LogP contribution in [0.15, 0.2) is 53.0 Å². The molecular formula is C25H25NO6. The zero-order valence-corrected chi connectivity index (χ0v) is 18.3. The molecule has 2 aromatic heterocycles. The van der Waals surface area contributed by atoms with Gasteiger partial charge in [0.05, 0.1) is 6.54 Å². The maximum absolute atomic E-state index is 12.7. The molecule has 1 atom stereocenters. The Morgan fingerprint density at radius 1 is 1.12 bits per heavy atom. The van der Waals surface area contributed by atoms with Crippen LogP contribution in [0.25, 0.3) is 6.08 Å². The number of esters is 1. The van der Waals surface area contributed by atoms with E-state index in [-0.39, 0.29) is 18.5 Å². The molecule has 32 heavy (non-hydrogen) atoms. The predicted molar refractivity (Wildman–Crippen MR) is 118 cm³/mol. The van der Waals surface area contributed by atoms with Gasteiger partial charge in [-0.15, -0.1) is 0 Å². The molecule has 166 valence electrons. The summed E-state index contributed by atoms with van der Waals surface area (Å²) in [4.78, 5) is 24.6. The van der Waals surface area contributed by atoms with E-state index in [9.17, 15) is 9.59 Å². The molecule has 3 aromatic rings. The Kier molecular flexibility index (Phi) is 6.16. The van der Waals surface area contributed by atoms with Gasteiger partial charge in [-0.3, -0.25) is 4.79 Å². The van der Waals surface area contributed by atoms with Crippen LogP contribution >= 0.6 is 0 Å². The average molecular weight is 435 g/mol. The summed E-state index contributed by atoms with van der Waals surface area (Å²) in [5.74, 6) is 1.88. The van der Waals surface area contributed by atoms with E-state index in [0.717, 1.165) is 22.9 Å². The lowest BCUT2D eigenvalue weighted by Crippen LogP contribution is -2.33. The number of fused-ring (bicyclic) bond motifs is 1. The molecule has 1 aliphatic rings. The fourth-order valence-corrected chi connectivity index (χ4v) is 3.68. The SMILES string of the molecule is Cc1ccc(C=CC(=O)OCC(=O)c2cc(C)n(CC3COc4ccccc4O3)c2C)o1. The van der Waals surface area contributed by atoms with E-state index in [2.05, 4.69) is 0 Å². The minimum Gasteiger partial charge on any atom is -0.486 e. The van der Waals surface area contributed by atoms with Gasteiger partial charge in [0.1, 0.15) is 18.1 Å². The van der Waals surface area contributed by atoms with Crippen molar-refractivity contribution in [3.63, 3.8) is 0 Å². The number of nitrogens with zero attached hydrogens (tertiary/aromatic N) is 1. The first kappa shape index (κ1) is 21.5. The zero-order valence-electron chi connectivity index (χ0n) is 18.3. The largest absolute Gasteiger partial charge is 0.486 e. The smallest absolute Gasteiger partial charge is 0.331 e. The standard InChI is InChI=1S/C25H25NO6/c1-16-12-21(22(27)15-30-25(28)11-10-19-9-8-17(2)31-19)18(3)26(16)13-20-14-29-23-6-4-5-7-24(23)32-20/h4-12,20H,13-15H2,1-3H3. The molecule has 1 aromatic carbocycles. The highest BCUT2D eigenvalue weighted by Gasteiger charge is 2.24. The van der Waals surface area contributed by atoms with Crippen molar-refractivity contribution in [2.45, 2.75) is 33.4 Å². The van der Waals surface area contributed by atoms with Crippen molar-refractivity contribution in [3.8, 4) is 11.5 Å². The monoisotopic (exact) mass is 435 g/mol.